The van der Waals surface area contributed by atoms with Crippen LogP contribution in [0.5, 0.6) is 0 Å². The topological polar surface area (TPSA) is 79.0 Å². The summed E-state index contributed by atoms with van der Waals surface area (Å²) in [4.78, 5) is 41.7. The zero-order chi connectivity index (χ0) is 24.8. The van der Waals surface area contributed by atoms with Gasteiger partial charge in [-0.1, -0.05) is 60.7 Å². The third-order valence-electron chi connectivity index (χ3n) is 6.27. The lowest BCUT2D eigenvalue weighted by Gasteiger charge is -2.36. The van der Waals surface area contributed by atoms with Crippen LogP contribution in [0.3, 0.4) is 0 Å². The van der Waals surface area contributed by atoms with Crippen LogP contribution in [0, 0.1) is 0 Å². The highest BCUT2D eigenvalue weighted by molar-refractivity contribution is 6.02. The number of hydrogen-bond donors (Lipinski definition) is 1. The van der Waals surface area contributed by atoms with Crippen LogP contribution in [0.2, 0.25) is 0 Å². The number of esters is 1. The number of carbonyl (C=O) groups is 3. The Kier molecular flexibility index (Phi) is 7.45. The van der Waals surface area contributed by atoms with Gasteiger partial charge in [0.2, 0.25) is 11.8 Å². The Morgan fingerprint density at radius 2 is 1.40 bits per heavy atom. The van der Waals surface area contributed by atoms with Crippen LogP contribution in [-0.4, -0.2) is 56.0 Å². The van der Waals surface area contributed by atoms with Crippen molar-refractivity contribution in [3.05, 3.63) is 95.6 Å². The monoisotopic (exact) mass is 471 g/mol. The number of carbonyl (C=O) groups excluding carboxylic acids is 3. The standard InChI is InChI=1S/C28H29N3O4/c1-20(32)30-15-17-31(18-16-30)25-14-13-23(28(34)35-2)19-24(25)29-27(33)26(21-9-5-3-6-10-21)22-11-7-4-8-12-22/h3-14,19,26H,15-18H2,1-2H3,(H,29,33). The Balaban J connectivity index is 1.68. The molecule has 1 N–H and O–H groups in total. The van der Waals surface area contributed by atoms with Gasteiger partial charge in [-0.25, -0.2) is 4.79 Å². The molecule has 3 aromatic carbocycles. The SMILES string of the molecule is COC(=O)c1ccc(N2CCN(C(C)=O)CC2)c(NC(=O)C(c2ccccc2)c2ccccc2)c1. The molecule has 0 saturated carbocycles. The lowest BCUT2D eigenvalue weighted by atomic mass is 9.90. The molecule has 0 aromatic heterocycles. The van der Waals surface area contributed by atoms with E-state index < -0.39 is 11.9 Å². The quantitative estimate of drug-likeness (QED) is 0.552. The van der Waals surface area contributed by atoms with E-state index in [0.717, 1.165) is 16.8 Å². The number of nitrogens with one attached hydrogen (secondary N) is 1. The number of piperazine rings is 1. The number of nitrogens with zero attached hydrogens (tertiary/aromatic N) is 2. The Morgan fingerprint density at radius 1 is 0.829 bits per heavy atom. The molecule has 1 heterocycles. The van der Waals surface area contributed by atoms with Crippen molar-refractivity contribution >= 4 is 29.2 Å². The number of amides is 2. The molecular weight excluding hydrogens is 442 g/mol. The molecule has 7 nitrogen and oxygen atoms in total. The second-order valence-electron chi connectivity index (χ2n) is 8.46. The van der Waals surface area contributed by atoms with E-state index in [1.54, 1.807) is 24.0 Å². The molecule has 0 atom stereocenters. The number of methoxy groups -OCH3 is 1. The fourth-order valence-electron chi connectivity index (χ4n) is 4.41. The molecule has 1 aliphatic rings. The van der Waals surface area contributed by atoms with Crippen LogP contribution in [0.15, 0.2) is 78.9 Å². The molecule has 2 amide bonds. The smallest absolute Gasteiger partial charge is 0.337 e. The molecule has 1 saturated heterocycles. The second-order valence-corrected chi connectivity index (χ2v) is 8.46. The van der Waals surface area contributed by atoms with E-state index in [4.69, 9.17) is 4.74 Å². The average molecular weight is 472 g/mol. The van der Waals surface area contributed by atoms with Crippen LogP contribution < -0.4 is 10.2 Å². The van der Waals surface area contributed by atoms with Crippen LogP contribution >= 0.6 is 0 Å². The van der Waals surface area contributed by atoms with Gasteiger partial charge >= 0.3 is 5.97 Å². The normalized spacial score (nSPS) is 13.5. The summed E-state index contributed by atoms with van der Waals surface area (Å²) in [5.74, 6) is -1.15. The van der Waals surface area contributed by atoms with Crippen LogP contribution in [0.25, 0.3) is 0 Å². The van der Waals surface area contributed by atoms with Crippen LogP contribution in [0.1, 0.15) is 34.3 Å². The largest absolute Gasteiger partial charge is 0.465 e. The van der Waals surface area contributed by atoms with E-state index in [0.29, 0.717) is 37.4 Å². The molecule has 0 bridgehead atoms. The van der Waals surface area contributed by atoms with Crippen molar-refractivity contribution in [1.82, 2.24) is 4.90 Å². The predicted molar refractivity (Wildman–Crippen MR) is 136 cm³/mol. The van der Waals surface area contributed by atoms with E-state index in [9.17, 15) is 14.4 Å². The van der Waals surface area contributed by atoms with Gasteiger partial charge in [0.25, 0.3) is 0 Å². The molecule has 7 heteroatoms. The summed E-state index contributed by atoms with van der Waals surface area (Å²) < 4.78 is 4.90. The highest BCUT2D eigenvalue weighted by Crippen LogP contribution is 2.32. The first kappa shape index (κ1) is 24.0. The molecule has 0 spiro atoms. The number of ether oxygens (including phenoxy) is 1. The third-order valence-corrected chi connectivity index (χ3v) is 6.27. The van der Waals surface area contributed by atoms with Crippen molar-refractivity contribution in [3.63, 3.8) is 0 Å². The summed E-state index contributed by atoms with van der Waals surface area (Å²) >= 11 is 0. The summed E-state index contributed by atoms with van der Waals surface area (Å²) in [5.41, 5.74) is 3.43. The first-order valence-corrected chi connectivity index (χ1v) is 11.6. The zero-order valence-corrected chi connectivity index (χ0v) is 19.9. The van der Waals surface area contributed by atoms with Gasteiger partial charge < -0.3 is 19.9 Å². The highest BCUT2D eigenvalue weighted by atomic mass is 16.5. The number of benzene rings is 3. The van der Waals surface area contributed by atoms with E-state index >= 15 is 0 Å². The van der Waals surface area contributed by atoms with Gasteiger partial charge in [-0.2, -0.15) is 0 Å². The van der Waals surface area contributed by atoms with E-state index in [2.05, 4.69) is 10.2 Å². The lowest BCUT2D eigenvalue weighted by Crippen LogP contribution is -2.48. The summed E-state index contributed by atoms with van der Waals surface area (Å²) in [6, 6.07) is 24.4. The van der Waals surface area contributed by atoms with Gasteiger partial charge in [0.05, 0.1) is 30.0 Å². The number of anilines is 2. The molecule has 4 rings (SSSR count). The molecule has 1 aliphatic heterocycles. The molecule has 180 valence electrons. The molecule has 1 fully saturated rings. The van der Waals surface area contributed by atoms with Crippen LogP contribution in [0.4, 0.5) is 11.4 Å². The Bertz CT molecular complexity index is 1150. The Morgan fingerprint density at radius 3 is 1.91 bits per heavy atom. The molecule has 0 aliphatic carbocycles. The summed E-state index contributed by atoms with van der Waals surface area (Å²) in [6.07, 6.45) is 0. The van der Waals surface area contributed by atoms with Gasteiger partial charge in [-0.15, -0.1) is 0 Å². The van der Waals surface area contributed by atoms with Crippen molar-refractivity contribution < 1.29 is 19.1 Å². The van der Waals surface area contributed by atoms with Crippen molar-refractivity contribution in [2.24, 2.45) is 0 Å². The van der Waals surface area contributed by atoms with Gasteiger partial charge in [0.15, 0.2) is 0 Å². The van der Waals surface area contributed by atoms with Crippen molar-refractivity contribution in [2.75, 3.05) is 43.5 Å². The molecule has 3 aromatic rings. The fourth-order valence-corrected chi connectivity index (χ4v) is 4.41. The molecular formula is C28H29N3O4. The molecule has 35 heavy (non-hydrogen) atoms. The number of hydrogen-bond acceptors (Lipinski definition) is 5. The second kappa shape index (κ2) is 10.9. The summed E-state index contributed by atoms with van der Waals surface area (Å²) in [6.45, 7) is 4.01. The highest BCUT2D eigenvalue weighted by Gasteiger charge is 2.26. The summed E-state index contributed by atoms with van der Waals surface area (Å²) in [7, 11) is 1.33. The lowest BCUT2D eigenvalue weighted by molar-refractivity contribution is -0.129. The zero-order valence-electron chi connectivity index (χ0n) is 19.9. The van der Waals surface area contributed by atoms with Crippen molar-refractivity contribution in [3.8, 4) is 0 Å². The van der Waals surface area contributed by atoms with Crippen LogP contribution in [-0.2, 0) is 14.3 Å². The van der Waals surface area contributed by atoms with E-state index in [1.807, 2.05) is 66.7 Å². The third kappa shape index (κ3) is 5.51. The maximum Gasteiger partial charge on any atom is 0.337 e. The molecule has 0 unspecified atom stereocenters. The van der Waals surface area contributed by atoms with Gasteiger partial charge in [-0.05, 0) is 29.3 Å². The van der Waals surface area contributed by atoms with Gasteiger partial charge in [0, 0.05) is 33.1 Å². The number of rotatable bonds is 6. The van der Waals surface area contributed by atoms with Crippen molar-refractivity contribution in [2.45, 2.75) is 12.8 Å². The van der Waals surface area contributed by atoms with E-state index in [-0.39, 0.29) is 11.8 Å². The van der Waals surface area contributed by atoms with Gasteiger partial charge in [0.1, 0.15) is 0 Å². The predicted octanol–water partition coefficient (Wildman–Crippen LogP) is 3.91. The minimum Gasteiger partial charge on any atom is -0.465 e. The minimum atomic E-state index is -0.526. The fraction of sp³-hybridized carbons (Fsp3) is 0.250. The Hall–Kier alpha value is -4.13. The minimum absolute atomic E-state index is 0.0489. The Labute approximate surface area is 205 Å². The van der Waals surface area contributed by atoms with Gasteiger partial charge in [-0.3, -0.25) is 9.59 Å². The first-order valence-electron chi connectivity index (χ1n) is 11.6. The van der Waals surface area contributed by atoms with Crippen molar-refractivity contribution in [1.29, 1.82) is 0 Å². The maximum absolute atomic E-state index is 13.7. The van der Waals surface area contributed by atoms with E-state index in [1.165, 1.54) is 7.11 Å². The molecule has 0 radical (unpaired) electrons. The first-order chi connectivity index (χ1) is 17.0. The summed E-state index contributed by atoms with van der Waals surface area (Å²) in [5, 5.41) is 3.09. The maximum atomic E-state index is 13.7. The average Bonchev–Trinajstić information content (AvgIpc) is 2.89.